The zero-order chi connectivity index (χ0) is 24.5. The van der Waals surface area contributed by atoms with Crippen molar-refractivity contribution >= 4 is 0 Å². The lowest BCUT2D eigenvalue weighted by atomic mass is 9.41. The molecule has 3 nitrogen and oxygen atoms in total. The topological polar surface area (TPSA) is 42.0 Å². The lowest BCUT2D eigenvalue weighted by Crippen LogP contribution is -2.60. The summed E-state index contributed by atoms with van der Waals surface area (Å²) in [4.78, 5) is 0. The van der Waals surface area contributed by atoms with Gasteiger partial charge in [0.05, 0.1) is 23.9 Å². The maximum atomic E-state index is 11.0. The van der Waals surface area contributed by atoms with Gasteiger partial charge in [-0.05, 0) is 115 Å². The molecule has 0 aromatic heterocycles. The van der Waals surface area contributed by atoms with Crippen LogP contribution in [0.4, 0.5) is 0 Å². The van der Waals surface area contributed by atoms with Crippen LogP contribution in [0.3, 0.4) is 0 Å². The van der Waals surface area contributed by atoms with E-state index in [1.54, 1.807) is 0 Å². The summed E-state index contributed by atoms with van der Waals surface area (Å²) in [5.74, 6) is 2.76. The molecule has 0 aromatic carbocycles. The molecule has 1 N–H and O–H groups in total. The molecular formula is C31H52O3. The molecule has 0 radical (unpaired) electrons. The number of hydrogen-bond acceptors (Lipinski definition) is 3. The summed E-state index contributed by atoms with van der Waals surface area (Å²) >= 11 is 0. The molecule has 5 saturated carbocycles. The van der Waals surface area contributed by atoms with Crippen LogP contribution in [0.25, 0.3) is 0 Å². The Kier molecular flexibility index (Phi) is 5.02. The fourth-order valence-corrected chi connectivity index (χ4v) is 12.4. The van der Waals surface area contributed by atoms with Gasteiger partial charge in [0.15, 0.2) is 0 Å². The molecule has 6 rings (SSSR count). The summed E-state index contributed by atoms with van der Waals surface area (Å²) in [6, 6.07) is 0. The van der Waals surface area contributed by atoms with E-state index < -0.39 is 0 Å². The number of fused-ring (bicyclic) bond motifs is 5. The lowest BCUT2D eigenvalue weighted by molar-refractivity contribution is -0.180. The SMILES string of the molecule is COC1CCC2(C)C3CCC4C5(C)CCC(O)C(C)(C)C5CC5OC54CC3(C)CCC2C1(C)C. The first-order valence-electron chi connectivity index (χ1n) is 14.6. The molecule has 1 saturated heterocycles. The first kappa shape index (κ1) is 24.2. The van der Waals surface area contributed by atoms with Gasteiger partial charge >= 0.3 is 0 Å². The fraction of sp³-hybridized carbons (Fsp3) is 1.00. The number of aliphatic hydroxyl groups excluding tert-OH is 1. The van der Waals surface area contributed by atoms with Gasteiger partial charge in [-0.15, -0.1) is 0 Å². The van der Waals surface area contributed by atoms with Crippen molar-refractivity contribution in [3.63, 3.8) is 0 Å². The van der Waals surface area contributed by atoms with Crippen LogP contribution in [0.1, 0.15) is 113 Å². The van der Waals surface area contributed by atoms with Crippen molar-refractivity contribution in [3.05, 3.63) is 0 Å². The van der Waals surface area contributed by atoms with E-state index in [-0.39, 0.29) is 22.5 Å². The minimum Gasteiger partial charge on any atom is -0.393 e. The minimum absolute atomic E-state index is 0.00624. The molecule has 194 valence electrons. The van der Waals surface area contributed by atoms with Crippen molar-refractivity contribution in [2.75, 3.05) is 7.11 Å². The average Bonchev–Trinajstić information content (AvgIpc) is 3.46. The number of rotatable bonds is 1. The highest BCUT2D eigenvalue weighted by atomic mass is 16.6. The molecule has 11 atom stereocenters. The summed E-state index contributed by atoms with van der Waals surface area (Å²) in [7, 11) is 1.93. The predicted molar refractivity (Wildman–Crippen MR) is 136 cm³/mol. The van der Waals surface area contributed by atoms with Crippen molar-refractivity contribution in [3.8, 4) is 0 Å². The van der Waals surface area contributed by atoms with Crippen LogP contribution in [0.5, 0.6) is 0 Å². The number of epoxide rings is 1. The molecule has 6 aliphatic rings. The highest BCUT2D eigenvalue weighted by Crippen LogP contribution is 2.76. The normalized spacial score (nSPS) is 59.4. The van der Waals surface area contributed by atoms with Crippen molar-refractivity contribution in [1.82, 2.24) is 0 Å². The molecule has 1 spiro atoms. The Bertz CT molecular complexity index is 850. The van der Waals surface area contributed by atoms with Gasteiger partial charge < -0.3 is 14.6 Å². The predicted octanol–water partition coefficient (Wildman–Crippen LogP) is 7.01. The quantitative estimate of drug-likeness (QED) is 0.418. The Labute approximate surface area is 209 Å². The Morgan fingerprint density at radius 1 is 0.706 bits per heavy atom. The van der Waals surface area contributed by atoms with Gasteiger partial charge in [-0.3, -0.25) is 0 Å². The molecule has 0 amide bonds. The summed E-state index contributed by atoms with van der Waals surface area (Å²) in [6.45, 7) is 17.6. The third-order valence-electron chi connectivity index (χ3n) is 14.0. The molecule has 1 aliphatic heterocycles. The van der Waals surface area contributed by atoms with Crippen molar-refractivity contribution in [2.24, 2.45) is 50.7 Å². The number of aliphatic hydroxyl groups is 1. The van der Waals surface area contributed by atoms with E-state index in [9.17, 15) is 5.11 Å². The van der Waals surface area contributed by atoms with E-state index in [1.165, 1.54) is 57.8 Å². The van der Waals surface area contributed by atoms with E-state index in [2.05, 4.69) is 48.5 Å². The molecule has 0 bridgehead atoms. The number of ether oxygens (including phenoxy) is 2. The van der Waals surface area contributed by atoms with Gasteiger partial charge in [-0.1, -0.05) is 48.5 Å². The summed E-state index contributed by atoms with van der Waals surface area (Å²) in [5.41, 5.74) is 1.45. The molecule has 1 heterocycles. The molecule has 11 unspecified atom stereocenters. The van der Waals surface area contributed by atoms with Gasteiger partial charge in [-0.25, -0.2) is 0 Å². The number of methoxy groups -OCH3 is 1. The highest BCUT2D eigenvalue weighted by Gasteiger charge is 2.76. The Hall–Kier alpha value is -0.120. The van der Waals surface area contributed by atoms with Crippen molar-refractivity contribution < 1.29 is 14.6 Å². The highest BCUT2D eigenvalue weighted by molar-refractivity contribution is 5.24. The monoisotopic (exact) mass is 472 g/mol. The van der Waals surface area contributed by atoms with Crippen LogP contribution in [-0.2, 0) is 9.47 Å². The Morgan fingerprint density at radius 2 is 1.35 bits per heavy atom. The van der Waals surface area contributed by atoms with Crippen LogP contribution in [0.15, 0.2) is 0 Å². The largest absolute Gasteiger partial charge is 0.393 e. The minimum atomic E-state index is -0.166. The van der Waals surface area contributed by atoms with E-state index in [4.69, 9.17) is 9.47 Å². The molecule has 34 heavy (non-hydrogen) atoms. The Balaban J connectivity index is 1.36. The average molecular weight is 473 g/mol. The maximum absolute atomic E-state index is 11.0. The first-order valence-corrected chi connectivity index (χ1v) is 14.6. The summed E-state index contributed by atoms with van der Waals surface area (Å²) in [6.07, 6.45) is 13.2. The smallest absolute Gasteiger partial charge is 0.0987 e. The first-order chi connectivity index (χ1) is 15.8. The third kappa shape index (κ3) is 2.82. The standard InChI is InChI=1S/C31H52O3/c1-26(2)22-17-25-31(34-25)18-28(5)14-11-19-27(3,4)24(33-8)13-16-29(19,6)20(28)9-10-21(31)30(22,7)15-12-23(26)32/h19-25,32H,9-18H2,1-8H3. The molecule has 0 aromatic rings. The van der Waals surface area contributed by atoms with E-state index >= 15 is 0 Å². The number of hydrogen-bond donors (Lipinski definition) is 1. The van der Waals surface area contributed by atoms with Gasteiger partial charge in [-0.2, -0.15) is 0 Å². The summed E-state index contributed by atoms with van der Waals surface area (Å²) < 4.78 is 12.9. The van der Waals surface area contributed by atoms with Gasteiger partial charge in [0.25, 0.3) is 0 Å². The zero-order valence-corrected chi connectivity index (χ0v) is 23.4. The molecule has 5 aliphatic carbocycles. The van der Waals surface area contributed by atoms with Crippen LogP contribution in [0, 0.1) is 50.7 Å². The molecule has 3 heteroatoms. The molecular weight excluding hydrogens is 420 g/mol. The Morgan fingerprint density at radius 3 is 2.06 bits per heavy atom. The second-order valence-electron chi connectivity index (χ2n) is 15.9. The fourth-order valence-electron chi connectivity index (χ4n) is 12.4. The summed E-state index contributed by atoms with van der Waals surface area (Å²) in [5, 5.41) is 11.0. The van der Waals surface area contributed by atoms with E-state index in [1.807, 2.05) is 7.11 Å². The third-order valence-corrected chi connectivity index (χ3v) is 14.0. The molecule has 6 fully saturated rings. The second-order valence-corrected chi connectivity index (χ2v) is 15.9. The van der Waals surface area contributed by atoms with Crippen molar-refractivity contribution in [1.29, 1.82) is 0 Å². The van der Waals surface area contributed by atoms with Crippen LogP contribution >= 0.6 is 0 Å². The van der Waals surface area contributed by atoms with Gasteiger partial charge in [0.1, 0.15) is 0 Å². The maximum Gasteiger partial charge on any atom is 0.0987 e. The zero-order valence-electron chi connectivity index (χ0n) is 23.4. The van der Waals surface area contributed by atoms with Crippen LogP contribution in [-0.4, -0.2) is 36.1 Å². The van der Waals surface area contributed by atoms with Gasteiger partial charge in [0.2, 0.25) is 0 Å². The van der Waals surface area contributed by atoms with E-state index in [0.717, 1.165) is 18.3 Å². The van der Waals surface area contributed by atoms with Crippen LogP contribution < -0.4 is 0 Å². The lowest BCUT2D eigenvalue weighted by Gasteiger charge is -2.64. The van der Waals surface area contributed by atoms with Gasteiger partial charge in [0, 0.05) is 7.11 Å². The second kappa shape index (κ2) is 7.04. The van der Waals surface area contributed by atoms with Crippen molar-refractivity contribution in [2.45, 2.75) is 137 Å². The van der Waals surface area contributed by atoms with E-state index in [0.29, 0.717) is 40.3 Å². The van der Waals surface area contributed by atoms with Crippen LogP contribution in [0.2, 0.25) is 0 Å².